The predicted octanol–water partition coefficient (Wildman–Crippen LogP) is 2.61. The molecule has 6 aliphatic rings. The van der Waals surface area contributed by atoms with Gasteiger partial charge in [-0.2, -0.15) is 0 Å². The third-order valence-electron chi connectivity index (χ3n) is 13.2. The SMILES string of the molecule is CC(=O)O[C@@H]1C[C@H]2CC[C@@H]3[C@@H](CC[C@]4(C)C(=O)[C@@H]([N+]5(C)CCCCC5)C[C@H]34)[C@@]2(C)C[C@@H]1N1CCCCC1.[Br-]. The van der Waals surface area contributed by atoms with Crippen LogP contribution in [0.15, 0.2) is 0 Å². The normalized spacial score (nSPS) is 46.7. The monoisotopic (exact) mass is 592 g/mol. The van der Waals surface area contributed by atoms with Gasteiger partial charge in [-0.25, -0.2) is 0 Å². The van der Waals surface area contributed by atoms with Gasteiger partial charge in [0.1, 0.15) is 12.1 Å². The lowest BCUT2D eigenvalue weighted by Gasteiger charge is -2.62. The molecular weight excluding hydrogens is 540 g/mol. The van der Waals surface area contributed by atoms with Crippen LogP contribution in [0.25, 0.3) is 0 Å². The zero-order chi connectivity index (χ0) is 26.0. The number of hydrogen-bond donors (Lipinski definition) is 0. The Bertz CT molecular complexity index is 899. The van der Waals surface area contributed by atoms with E-state index < -0.39 is 0 Å². The number of Topliss-reactive ketones (excluding diaryl/α,β-unsaturated/α-hetero) is 1. The summed E-state index contributed by atoms with van der Waals surface area (Å²) in [6.07, 6.45) is 16.0. The molecule has 9 atom stereocenters. The maximum atomic E-state index is 14.1. The summed E-state index contributed by atoms with van der Waals surface area (Å²) >= 11 is 0. The van der Waals surface area contributed by atoms with Crippen LogP contribution in [0.2, 0.25) is 0 Å². The van der Waals surface area contributed by atoms with Crippen LogP contribution < -0.4 is 17.0 Å². The van der Waals surface area contributed by atoms with E-state index in [4.69, 9.17) is 4.74 Å². The second kappa shape index (κ2) is 10.7. The second-order valence-corrected chi connectivity index (χ2v) is 15.0. The first-order valence-electron chi connectivity index (χ1n) is 16.0. The van der Waals surface area contributed by atoms with Crippen molar-refractivity contribution in [2.24, 2.45) is 34.5 Å². The first-order chi connectivity index (χ1) is 17.7. The molecule has 0 radical (unpaired) electrons. The maximum Gasteiger partial charge on any atom is 0.302 e. The van der Waals surface area contributed by atoms with Gasteiger partial charge in [-0.15, -0.1) is 0 Å². The fraction of sp³-hybridized carbons (Fsp3) is 0.938. The number of halogens is 1. The van der Waals surface area contributed by atoms with E-state index in [0.717, 1.165) is 36.8 Å². The summed E-state index contributed by atoms with van der Waals surface area (Å²) in [5, 5.41) is 0. The number of nitrogens with zero attached hydrogens (tertiary/aromatic N) is 2. The third kappa shape index (κ3) is 4.65. The highest BCUT2D eigenvalue weighted by atomic mass is 79.9. The van der Waals surface area contributed by atoms with Crippen molar-refractivity contribution in [3.05, 3.63) is 0 Å². The summed E-state index contributed by atoms with van der Waals surface area (Å²) in [6, 6.07) is 0.605. The number of esters is 1. The molecule has 2 aliphatic heterocycles. The molecule has 5 nitrogen and oxygen atoms in total. The highest BCUT2D eigenvalue weighted by Crippen LogP contribution is 2.66. The van der Waals surface area contributed by atoms with Gasteiger partial charge in [0, 0.05) is 24.8 Å². The first-order valence-corrected chi connectivity index (χ1v) is 16.0. The number of carbonyl (C=O) groups is 2. The number of likely N-dealkylation sites (tertiary alicyclic amines) is 2. The van der Waals surface area contributed by atoms with Gasteiger partial charge in [-0.05, 0) is 113 Å². The fourth-order valence-corrected chi connectivity index (χ4v) is 11.1. The quantitative estimate of drug-likeness (QED) is 0.373. The van der Waals surface area contributed by atoms with E-state index >= 15 is 0 Å². The van der Waals surface area contributed by atoms with E-state index in [1.54, 1.807) is 6.92 Å². The van der Waals surface area contributed by atoms with Crippen molar-refractivity contribution in [3.63, 3.8) is 0 Å². The maximum absolute atomic E-state index is 14.1. The molecule has 216 valence electrons. The zero-order valence-electron chi connectivity index (χ0n) is 24.6. The fourth-order valence-electron chi connectivity index (χ4n) is 11.1. The average Bonchev–Trinajstić information content (AvgIpc) is 3.16. The van der Waals surface area contributed by atoms with Crippen molar-refractivity contribution in [3.8, 4) is 0 Å². The largest absolute Gasteiger partial charge is 1.00 e. The number of quaternary nitrogens is 1. The number of ketones is 1. The van der Waals surface area contributed by atoms with Gasteiger partial charge in [-0.1, -0.05) is 20.3 Å². The molecule has 0 aromatic rings. The van der Waals surface area contributed by atoms with Gasteiger partial charge in [0.15, 0.2) is 5.78 Å². The number of hydrogen-bond acceptors (Lipinski definition) is 4. The van der Waals surface area contributed by atoms with Gasteiger partial charge in [0.05, 0.1) is 20.1 Å². The van der Waals surface area contributed by atoms with Crippen LogP contribution in [0.1, 0.15) is 104 Å². The molecule has 0 bridgehead atoms. The van der Waals surface area contributed by atoms with Gasteiger partial charge >= 0.3 is 5.97 Å². The Morgan fingerprint density at radius 2 is 1.63 bits per heavy atom. The van der Waals surface area contributed by atoms with E-state index in [0.29, 0.717) is 40.9 Å². The number of likely N-dealkylation sites (N-methyl/N-ethyl adjacent to an activating group) is 1. The number of carbonyl (C=O) groups excluding carboxylic acids is 2. The minimum Gasteiger partial charge on any atom is -1.00 e. The molecule has 4 aliphatic carbocycles. The Hall–Kier alpha value is -0.460. The van der Waals surface area contributed by atoms with Crippen LogP contribution >= 0.6 is 0 Å². The molecule has 6 fully saturated rings. The van der Waals surface area contributed by atoms with E-state index in [-0.39, 0.29) is 40.5 Å². The lowest BCUT2D eigenvalue weighted by molar-refractivity contribution is -0.928. The van der Waals surface area contributed by atoms with Crippen LogP contribution in [0.5, 0.6) is 0 Å². The van der Waals surface area contributed by atoms with Gasteiger partial charge in [0.2, 0.25) is 0 Å². The zero-order valence-corrected chi connectivity index (χ0v) is 26.1. The van der Waals surface area contributed by atoms with Crippen molar-refractivity contribution >= 4 is 11.8 Å². The third-order valence-corrected chi connectivity index (χ3v) is 13.2. The number of fused-ring (bicyclic) bond motifs is 5. The molecule has 0 spiro atoms. The Morgan fingerprint density at radius 3 is 2.32 bits per heavy atom. The van der Waals surface area contributed by atoms with Crippen molar-refractivity contribution in [2.75, 3.05) is 33.2 Å². The standard InChI is InChI=1S/C32H53N2O3.BrH/c1-22(35)37-29-19-23-11-12-24-25(32(23,3)21-27(29)33-15-7-5-8-16-33)13-14-31(2)26(24)20-28(30(31)36)34(4)17-9-6-10-18-34;/h23-29H,5-21H2,1-4H3;1H/q+1;/p-1/t23-,24-,25-,26-,27+,28+,29-,31+,32+;/m1./s1. The molecule has 2 saturated heterocycles. The van der Waals surface area contributed by atoms with E-state index in [1.165, 1.54) is 77.3 Å². The van der Waals surface area contributed by atoms with Crippen LogP contribution in [-0.4, -0.2) is 72.5 Å². The lowest BCUT2D eigenvalue weighted by Crippen LogP contribution is -3.00. The lowest BCUT2D eigenvalue weighted by atomic mass is 9.44. The summed E-state index contributed by atoms with van der Waals surface area (Å²) in [5.74, 6) is 3.13. The van der Waals surface area contributed by atoms with Crippen LogP contribution in [0, 0.1) is 34.5 Å². The summed E-state index contributed by atoms with van der Waals surface area (Å²) in [7, 11) is 2.40. The minimum atomic E-state index is -0.109. The second-order valence-electron chi connectivity index (χ2n) is 15.0. The van der Waals surface area contributed by atoms with E-state index in [9.17, 15) is 9.59 Å². The Balaban J connectivity index is 0.00000294. The molecule has 6 rings (SSSR count). The molecule has 0 N–H and O–H groups in total. The Kier molecular flexibility index (Phi) is 8.21. The highest BCUT2D eigenvalue weighted by molar-refractivity contribution is 5.91. The van der Waals surface area contributed by atoms with Gasteiger partial charge < -0.3 is 26.2 Å². The van der Waals surface area contributed by atoms with Crippen LogP contribution in [-0.2, 0) is 14.3 Å². The van der Waals surface area contributed by atoms with Crippen molar-refractivity contribution in [1.29, 1.82) is 0 Å². The Labute approximate surface area is 242 Å². The van der Waals surface area contributed by atoms with Crippen molar-refractivity contribution in [1.82, 2.24) is 4.90 Å². The van der Waals surface area contributed by atoms with E-state index in [2.05, 4.69) is 25.8 Å². The topological polar surface area (TPSA) is 46.6 Å². The molecule has 6 heteroatoms. The molecule has 0 amide bonds. The molecule has 0 unspecified atom stereocenters. The molecular formula is C32H53BrN2O3. The van der Waals surface area contributed by atoms with Gasteiger partial charge in [0.25, 0.3) is 0 Å². The van der Waals surface area contributed by atoms with Crippen molar-refractivity contribution < 1.29 is 35.8 Å². The molecule has 4 saturated carbocycles. The number of rotatable bonds is 3. The molecule has 38 heavy (non-hydrogen) atoms. The van der Waals surface area contributed by atoms with Crippen LogP contribution in [0.3, 0.4) is 0 Å². The smallest absolute Gasteiger partial charge is 0.302 e. The van der Waals surface area contributed by atoms with Crippen molar-refractivity contribution in [2.45, 2.75) is 122 Å². The summed E-state index contributed by atoms with van der Waals surface area (Å²) < 4.78 is 7.07. The average molecular weight is 594 g/mol. The van der Waals surface area contributed by atoms with Gasteiger partial charge in [-0.3, -0.25) is 14.5 Å². The van der Waals surface area contributed by atoms with Crippen LogP contribution in [0.4, 0.5) is 0 Å². The Morgan fingerprint density at radius 1 is 0.947 bits per heavy atom. The summed E-state index contributed by atoms with van der Waals surface area (Å²) in [5.41, 5.74) is 0.197. The highest BCUT2D eigenvalue weighted by Gasteiger charge is 2.66. The van der Waals surface area contributed by atoms with E-state index in [1.807, 2.05) is 0 Å². The molecule has 0 aromatic carbocycles. The first kappa shape index (κ1) is 29.0. The molecule has 2 heterocycles. The summed E-state index contributed by atoms with van der Waals surface area (Å²) in [4.78, 5) is 28.9. The minimum absolute atomic E-state index is 0. The predicted molar refractivity (Wildman–Crippen MR) is 146 cm³/mol. The number of piperidine rings is 2. The molecule has 0 aromatic heterocycles. The summed E-state index contributed by atoms with van der Waals surface area (Å²) in [6.45, 7) is 11.3. The number of ether oxygens (including phenoxy) is 1.